The summed E-state index contributed by atoms with van der Waals surface area (Å²) in [5, 5.41) is 7.01. The van der Waals surface area contributed by atoms with Gasteiger partial charge in [0.1, 0.15) is 0 Å². The molecule has 0 bridgehead atoms. The highest BCUT2D eigenvalue weighted by molar-refractivity contribution is 8.13. The Morgan fingerprint density at radius 1 is 1.42 bits per heavy atom. The Labute approximate surface area is 124 Å². The van der Waals surface area contributed by atoms with E-state index in [2.05, 4.69) is 29.8 Å². The van der Waals surface area contributed by atoms with Gasteiger partial charge in [-0.3, -0.25) is 4.99 Å². The lowest BCUT2D eigenvalue weighted by atomic mass is 9.86. The molecule has 0 spiro atoms. The summed E-state index contributed by atoms with van der Waals surface area (Å²) in [4.78, 5) is 6.40. The monoisotopic (exact) mass is 294 g/mol. The van der Waals surface area contributed by atoms with Crippen LogP contribution in [-0.4, -0.2) is 17.0 Å². The van der Waals surface area contributed by atoms with E-state index in [-0.39, 0.29) is 0 Å². The van der Waals surface area contributed by atoms with Crippen molar-refractivity contribution in [3.05, 3.63) is 22.4 Å². The van der Waals surface area contributed by atoms with Gasteiger partial charge in [0.15, 0.2) is 5.17 Å². The fourth-order valence-electron chi connectivity index (χ4n) is 3.02. The molecular formula is C15H22N2S2. The van der Waals surface area contributed by atoms with Gasteiger partial charge in [0.25, 0.3) is 0 Å². The van der Waals surface area contributed by atoms with Crippen LogP contribution in [0.3, 0.4) is 0 Å². The predicted molar refractivity (Wildman–Crippen MR) is 86.1 cm³/mol. The second-order valence-corrected chi connectivity index (χ2v) is 7.47. The van der Waals surface area contributed by atoms with Crippen LogP contribution in [0, 0.1) is 5.92 Å². The van der Waals surface area contributed by atoms with E-state index in [0.29, 0.717) is 12.1 Å². The number of aliphatic imine (C=N–C) groups is 1. The Kier molecular flexibility index (Phi) is 4.49. The first-order valence-electron chi connectivity index (χ1n) is 7.37. The molecule has 3 unspecified atom stereocenters. The standard InChI is InChI=1S/C15H22N2S2/c1-2-12(14-8-5-9-18-14)16-15-17-13-7-4-3-6-11(13)10-19-15/h5,8-9,11-13H,2-4,6-7,10H2,1H3,(H,16,17). The van der Waals surface area contributed by atoms with Crippen molar-refractivity contribution in [1.29, 1.82) is 0 Å². The third-order valence-electron chi connectivity index (χ3n) is 4.18. The van der Waals surface area contributed by atoms with Crippen LogP contribution in [0.15, 0.2) is 22.5 Å². The first-order valence-corrected chi connectivity index (χ1v) is 9.24. The summed E-state index contributed by atoms with van der Waals surface area (Å²) >= 11 is 3.77. The maximum Gasteiger partial charge on any atom is 0.157 e. The normalized spacial score (nSPS) is 28.4. The fourth-order valence-corrected chi connectivity index (χ4v) is 5.08. The topological polar surface area (TPSA) is 24.4 Å². The predicted octanol–water partition coefficient (Wildman–Crippen LogP) is 4.45. The van der Waals surface area contributed by atoms with Crippen molar-refractivity contribution in [3.8, 4) is 0 Å². The van der Waals surface area contributed by atoms with Crippen LogP contribution in [0.4, 0.5) is 0 Å². The van der Waals surface area contributed by atoms with E-state index in [9.17, 15) is 0 Å². The van der Waals surface area contributed by atoms with Crippen LogP contribution < -0.4 is 5.32 Å². The van der Waals surface area contributed by atoms with Crippen molar-refractivity contribution in [2.75, 3.05) is 5.75 Å². The van der Waals surface area contributed by atoms with Crippen LogP contribution >= 0.6 is 23.1 Å². The molecule has 0 aromatic carbocycles. The molecule has 1 aliphatic carbocycles. The third-order valence-corrected chi connectivity index (χ3v) is 6.26. The van der Waals surface area contributed by atoms with Crippen LogP contribution in [0.25, 0.3) is 0 Å². The molecule has 1 N–H and O–H groups in total. The maximum absolute atomic E-state index is 4.97. The molecule has 0 amide bonds. The van der Waals surface area contributed by atoms with Crippen molar-refractivity contribution in [2.45, 2.75) is 51.1 Å². The number of amidine groups is 1. The Hall–Kier alpha value is -0.480. The molecule has 2 nitrogen and oxygen atoms in total. The van der Waals surface area contributed by atoms with Gasteiger partial charge < -0.3 is 5.32 Å². The molecular weight excluding hydrogens is 272 g/mol. The molecule has 1 fully saturated rings. The first kappa shape index (κ1) is 13.5. The average Bonchev–Trinajstić information content (AvgIpc) is 2.98. The highest BCUT2D eigenvalue weighted by atomic mass is 32.2. The van der Waals surface area contributed by atoms with E-state index in [1.54, 1.807) is 0 Å². The van der Waals surface area contributed by atoms with E-state index in [4.69, 9.17) is 4.99 Å². The van der Waals surface area contributed by atoms with Gasteiger partial charge in [0, 0.05) is 10.6 Å². The molecule has 1 aliphatic heterocycles. The van der Waals surface area contributed by atoms with Gasteiger partial charge in [-0.05, 0) is 36.6 Å². The molecule has 3 rings (SSSR count). The van der Waals surface area contributed by atoms with Gasteiger partial charge >= 0.3 is 0 Å². The van der Waals surface area contributed by atoms with Gasteiger partial charge in [-0.2, -0.15) is 0 Å². The number of fused-ring (bicyclic) bond motifs is 1. The highest BCUT2D eigenvalue weighted by Gasteiger charge is 2.29. The number of rotatable bonds is 3. The Bertz CT molecular complexity index is 427. The largest absolute Gasteiger partial charge is 0.357 e. The van der Waals surface area contributed by atoms with Gasteiger partial charge in [0.05, 0.1) is 12.1 Å². The molecule has 1 saturated carbocycles. The lowest BCUT2D eigenvalue weighted by Gasteiger charge is -2.33. The van der Waals surface area contributed by atoms with E-state index in [0.717, 1.165) is 12.3 Å². The fraction of sp³-hybridized carbons (Fsp3) is 0.667. The zero-order valence-corrected chi connectivity index (χ0v) is 13.1. The van der Waals surface area contributed by atoms with Crippen LogP contribution in [0.1, 0.15) is 49.9 Å². The zero-order valence-electron chi connectivity index (χ0n) is 11.5. The van der Waals surface area contributed by atoms with Gasteiger partial charge in [-0.25, -0.2) is 0 Å². The summed E-state index contributed by atoms with van der Waals surface area (Å²) in [5.41, 5.74) is 0. The summed E-state index contributed by atoms with van der Waals surface area (Å²) < 4.78 is 0. The lowest BCUT2D eigenvalue weighted by Crippen LogP contribution is -2.35. The maximum atomic E-state index is 4.97. The molecule has 0 radical (unpaired) electrons. The molecule has 3 atom stereocenters. The molecule has 2 aliphatic rings. The minimum absolute atomic E-state index is 0.436. The molecule has 19 heavy (non-hydrogen) atoms. The summed E-state index contributed by atoms with van der Waals surface area (Å²) in [6.45, 7) is 2.24. The molecule has 4 heteroatoms. The summed E-state index contributed by atoms with van der Waals surface area (Å²) in [7, 11) is 0. The third kappa shape index (κ3) is 3.16. The zero-order chi connectivity index (χ0) is 13.1. The van der Waals surface area contributed by atoms with Crippen molar-refractivity contribution in [2.24, 2.45) is 10.9 Å². The van der Waals surface area contributed by atoms with E-state index in [1.165, 1.54) is 41.5 Å². The van der Waals surface area contributed by atoms with Crippen molar-refractivity contribution in [3.63, 3.8) is 0 Å². The highest BCUT2D eigenvalue weighted by Crippen LogP contribution is 2.34. The smallest absolute Gasteiger partial charge is 0.157 e. The van der Waals surface area contributed by atoms with E-state index < -0.39 is 0 Å². The first-order chi connectivity index (χ1) is 9.36. The van der Waals surface area contributed by atoms with Crippen LogP contribution in [-0.2, 0) is 0 Å². The van der Waals surface area contributed by atoms with E-state index in [1.807, 2.05) is 23.1 Å². The number of hydrogen-bond acceptors (Lipinski definition) is 4. The minimum atomic E-state index is 0.436. The second-order valence-electron chi connectivity index (χ2n) is 5.48. The Balaban J connectivity index is 1.67. The van der Waals surface area contributed by atoms with Gasteiger partial charge in [0.2, 0.25) is 0 Å². The van der Waals surface area contributed by atoms with Crippen molar-refractivity contribution in [1.82, 2.24) is 5.32 Å². The van der Waals surface area contributed by atoms with Crippen LogP contribution in [0.5, 0.6) is 0 Å². The van der Waals surface area contributed by atoms with Gasteiger partial charge in [-0.1, -0.05) is 37.6 Å². The SMILES string of the molecule is CCC(NC1=NC2CCCCC2CS1)c1cccs1. The average molecular weight is 294 g/mol. The van der Waals surface area contributed by atoms with Crippen LogP contribution in [0.2, 0.25) is 0 Å². The second kappa shape index (κ2) is 6.31. The molecule has 0 saturated heterocycles. The molecule has 104 valence electrons. The number of nitrogens with one attached hydrogen (secondary N) is 1. The summed E-state index contributed by atoms with van der Waals surface area (Å²) in [5.74, 6) is 2.10. The van der Waals surface area contributed by atoms with Crippen molar-refractivity contribution < 1.29 is 0 Å². The number of hydrogen-bond donors (Lipinski definition) is 1. The molecule has 1 aromatic heterocycles. The molecule has 2 heterocycles. The van der Waals surface area contributed by atoms with Crippen molar-refractivity contribution >= 4 is 28.3 Å². The lowest BCUT2D eigenvalue weighted by molar-refractivity contribution is 0.335. The van der Waals surface area contributed by atoms with Gasteiger partial charge in [-0.15, -0.1) is 11.3 Å². The number of thiophene rings is 1. The molecule has 1 aromatic rings. The number of nitrogens with zero attached hydrogens (tertiary/aromatic N) is 1. The van der Waals surface area contributed by atoms with E-state index >= 15 is 0 Å². The summed E-state index contributed by atoms with van der Waals surface area (Å²) in [6, 6.07) is 5.39. The quantitative estimate of drug-likeness (QED) is 0.890. The number of thioether (sulfide) groups is 1. The summed E-state index contributed by atoms with van der Waals surface area (Å²) in [6.07, 6.45) is 6.58. The minimum Gasteiger partial charge on any atom is -0.357 e. The Morgan fingerprint density at radius 3 is 3.11 bits per heavy atom. The Morgan fingerprint density at radius 2 is 2.32 bits per heavy atom.